The number of nitrogens with zero attached hydrogens (tertiary/aromatic N) is 1. The second-order valence-corrected chi connectivity index (χ2v) is 13.2. The first kappa shape index (κ1) is 38.0. The van der Waals surface area contributed by atoms with Crippen LogP contribution in [0.1, 0.15) is 61.9 Å². The summed E-state index contributed by atoms with van der Waals surface area (Å²) in [6.07, 6.45) is -2.63. The van der Waals surface area contributed by atoms with E-state index in [4.69, 9.17) is 44.4 Å². The fourth-order valence-electron chi connectivity index (χ4n) is 6.06. The minimum Gasteiger partial charge on any atom is -0.493 e. The van der Waals surface area contributed by atoms with Gasteiger partial charge in [-0.15, -0.1) is 0 Å². The van der Waals surface area contributed by atoms with Gasteiger partial charge in [-0.3, -0.25) is 14.4 Å². The van der Waals surface area contributed by atoms with E-state index < -0.39 is 47.8 Å². The average Bonchev–Trinajstić information content (AvgIpc) is 3.44. The number of rotatable bonds is 13. The number of benzene rings is 3. The molecule has 2 heterocycles. The normalized spacial score (nSPS) is 15.8. The number of esters is 2. The molecule has 1 aliphatic rings. The molecule has 0 spiro atoms. The summed E-state index contributed by atoms with van der Waals surface area (Å²) in [6, 6.07) is 15.2. The maximum Gasteiger partial charge on any atom is 0.378 e. The van der Waals surface area contributed by atoms with Gasteiger partial charge in [0.05, 0.1) is 46.4 Å². The van der Waals surface area contributed by atoms with Gasteiger partial charge in [-0.2, -0.15) is 0 Å². The van der Waals surface area contributed by atoms with Crippen LogP contribution in [0.5, 0.6) is 17.2 Å². The number of halogens is 1. The molecule has 4 aromatic rings. The maximum atomic E-state index is 14.6. The number of carbonyl (C=O) groups is 4. The van der Waals surface area contributed by atoms with Crippen LogP contribution in [0.3, 0.4) is 0 Å². The molecule has 1 aliphatic heterocycles. The average molecular weight is 737 g/mol. The number of anilines is 2. The number of methoxy groups -OCH3 is 3. The van der Waals surface area contributed by atoms with Crippen LogP contribution in [-0.4, -0.2) is 70.9 Å². The van der Waals surface area contributed by atoms with Crippen LogP contribution in [0, 0.1) is 5.41 Å². The zero-order chi connectivity index (χ0) is 37.7. The van der Waals surface area contributed by atoms with Gasteiger partial charge in [-0.05, 0) is 49.4 Å². The molecule has 0 bridgehead atoms. The Balaban J connectivity index is 1.54. The van der Waals surface area contributed by atoms with Crippen LogP contribution in [0.2, 0.25) is 5.02 Å². The monoisotopic (exact) mass is 736 g/mol. The summed E-state index contributed by atoms with van der Waals surface area (Å²) in [6.45, 7) is 7.01. The van der Waals surface area contributed by atoms with Gasteiger partial charge < -0.3 is 43.1 Å². The van der Waals surface area contributed by atoms with E-state index in [9.17, 15) is 19.2 Å². The number of ether oxygens (including phenoxy) is 6. The third kappa shape index (κ3) is 8.11. The number of furan rings is 1. The van der Waals surface area contributed by atoms with Crippen molar-refractivity contribution in [3.63, 3.8) is 0 Å². The Bertz CT molecular complexity index is 1990. The van der Waals surface area contributed by atoms with Gasteiger partial charge in [0, 0.05) is 46.4 Å². The van der Waals surface area contributed by atoms with Crippen molar-refractivity contribution < 1.29 is 52.0 Å². The molecule has 0 aliphatic carbocycles. The zero-order valence-electron chi connectivity index (χ0n) is 30.0. The predicted octanol–water partition coefficient (Wildman–Crippen LogP) is 6.73. The van der Waals surface area contributed by atoms with Crippen molar-refractivity contribution in [2.45, 2.75) is 46.3 Å². The summed E-state index contributed by atoms with van der Waals surface area (Å²) in [5.41, 5.74) is 1.58. The number of fused-ring (bicyclic) bond motifs is 2. The van der Waals surface area contributed by atoms with E-state index in [1.807, 2.05) is 13.8 Å². The number of hydrogen-bond donors (Lipinski definition) is 1. The van der Waals surface area contributed by atoms with E-state index in [1.165, 1.54) is 28.3 Å². The van der Waals surface area contributed by atoms with E-state index >= 15 is 0 Å². The smallest absolute Gasteiger partial charge is 0.378 e. The number of para-hydroxylation sites is 1. The molecule has 0 unspecified atom stereocenters. The SMILES string of the molecule is CCOC(=O)c1oc2ccc(NC(=O)C[C@H]3O[C@H](c4cccc(OC)c4OC)c4cc(Cl)ccc4N(CC(C)(C)COC(C)=O)C3=O)cc2c1OC. The van der Waals surface area contributed by atoms with Crippen molar-refractivity contribution >= 4 is 57.7 Å². The Labute approximate surface area is 306 Å². The molecule has 14 heteroatoms. The number of amides is 2. The lowest BCUT2D eigenvalue weighted by molar-refractivity contribution is -0.144. The van der Waals surface area contributed by atoms with Crippen LogP contribution >= 0.6 is 11.6 Å². The summed E-state index contributed by atoms with van der Waals surface area (Å²) >= 11 is 6.55. The minimum absolute atomic E-state index is 0.0337. The Kier molecular flexibility index (Phi) is 11.7. The fourth-order valence-corrected chi connectivity index (χ4v) is 6.25. The quantitative estimate of drug-likeness (QED) is 0.146. The Morgan fingerprint density at radius 2 is 1.69 bits per heavy atom. The second kappa shape index (κ2) is 16.0. The lowest BCUT2D eigenvalue weighted by Crippen LogP contribution is -2.46. The van der Waals surface area contributed by atoms with Gasteiger partial charge in [-0.25, -0.2) is 4.79 Å². The highest BCUT2D eigenvalue weighted by atomic mass is 35.5. The van der Waals surface area contributed by atoms with E-state index in [0.29, 0.717) is 50.0 Å². The molecule has 0 saturated carbocycles. The molecule has 1 aromatic heterocycles. The molecule has 13 nitrogen and oxygen atoms in total. The summed E-state index contributed by atoms with van der Waals surface area (Å²) in [5.74, 6) is -1.29. The van der Waals surface area contributed by atoms with Crippen molar-refractivity contribution in [3.05, 3.63) is 76.5 Å². The molecule has 2 atom stereocenters. The predicted molar refractivity (Wildman–Crippen MR) is 192 cm³/mol. The van der Waals surface area contributed by atoms with Crippen molar-refractivity contribution in [1.82, 2.24) is 0 Å². The lowest BCUT2D eigenvalue weighted by Gasteiger charge is -2.33. The van der Waals surface area contributed by atoms with E-state index in [-0.39, 0.29) is 31.3 Å². The first-order chi connectivity index (χ1) is 24.8. The molecule has 1 N–H and O–H groups in total. The van der Waals surface area contributed by atoms with E-state index in [2.05, 4.69) is 5.32 Å². The standard InChI is InChI=1S/C38H41ClN2O11/c1-8-49-37(45)35-34(48-7)26-17-23(13-15-28(26)51-35)40-31(43)18-30-36(44)41(19-38(3,4)20-50-21(2)42)27-14-12-22(39)16-25(27)32(52-30)24-10-9-11-29(46-5)33(24)47-6/h9-17,30,32H,8,18-20H2,1-7H3,(H,40,43)/t30-,32-/m1/s1. The molecule has 0 fully saturated rings. The third-order valence-corrected chi connectivity index (χ3v) is 8.57. The lowest BCUT2D eigenvalue weighted by atomic mass is 9.92. The largest absolute Gasteiger partial charge is 0.493 e. The molecule has 276 valence electrons. The van der Waals surface area contributed by atoms with E-state index in [0.717, 1.165) is 0 Å². The first-order valence-corrected chi connectivity index (χ1v) is 16.9. The molecule has 0 radical (unpaired) electrons. The first-order valence-electron chi connectivity index (χ1n) is 16.5. The fraction of sp³-hybridized carbons (Fsp3) is 0.368. The molecule has 52 heavy (non-hydrogen) atoms. The van der Waals surface area contributed by atoms with Gasteiger partial charge in [0.2, 0.25) is 5.91 Å². The molecular weight excluding hydrogens is 696 g/mol. The zero-order valence-corrected chi connectivity index (χ0v) is 30.8. The number of nitrogens with one attached hydrogen (secondary N) is 1. The van der Waals surface area contributed by atoms with Crippen molar-refractivity contribution in [3.8, 4) is 17.2 Å². The highest BCUT2D eigenvalue weighted by Crippen LogP contribution is 2.46. The van der Waals surface area contributed by atoms with Crippen LogP contribution in [0.4, 0.5) is 11.4 Å². The second-order valence-electron chi connectivity index (χ2n) is 12.8. The maximum absolute atomic E-state index is 14.6. The van der Waals surface area contributed by atoms with E-state index in [1.54, 1.807) is 66.4 Å². The molecular formula is C38H41ClN2O11. The van der Waals surface area contributed by atoms with Crippen LogP contribution in [-0.2, 0) is 28.6 Å². The number of carbonyl (C=O) groups excluding carboxylic acids is 4. The highest BCUT2D eigenvalue weighted by Gasteiger charge is 2.41. The Morgan fingerprint density at radius 3 is 2.37 bits per heavy atom. The molecule has 3 aromatic carbocycles. The van der Waals surface area contributed by atoms with Gasteiger partial charge in [0.1, 0.15) is 17.8 Å². The van der Waals surface area contributed by atoms with Gasteiger partial charge in [-0.1, -0.05) is 37.6 Å². The summed E-state index contributed by atoms with van der Waals surface area (Å²) < 4.78 is 39.5. The highest BCUT2D eigenvalue weighted by molar-refractivity contribution is 6.30. The minimum atomic E-state index is -1.31. The van der Waals surface area contributed by atoms with Gasteiger partial charge >= 0.3 is 11.9 Å². The summed E-state index contributed by atoms with van der Waals surface area (Å²) in [5, 5.41) is 3.66. The van der Waals surface area contributed by atoms with Crippen LogP contribution < -0.4 is 24.4 Å². The van der Waals surface area contributed by atoms with Crippen LogP contribution in [0.25, 0.3) is 11.0 Å². The van der Waals surface area contributed by atoms with Crippen molar-refractivity contribution in [2.75, 3.05) is 51.3 Å². The van der Waals surface area contributed by atoms with Gasteiger partial charge in [0.15, 0.2) is 17.2 Å². The van der Waals surface area contributed by atoms with Gasteiger partial charge in [0.25, 0.3) is 11.7 Å². The third-order valence-electron chi connectivity index (χ3n) is 8.33. The molecule has 5 rings (SSSR count). The Hall–Kier alpha value is -5.27. The number of hydrogen-bond acceptors (Lipinski definition) is 11. The molecule has 2 amide bonds. The van der Waals surface area contributed by atoms with Crippen LogP contribution in [0.15, 0.2) is 59.0 Å². The van der Waals surface area contributed by atoms with Crippen molar-refractivity contribution in [2.24, 2.45) is 5.41 Å². The summed E-state index contributed by atoms with van der Waals surface area (Å²) in [4.78, 5) is 54.1. The topological polar surface area (TPSA) is 152 Å². The Morgan fingerprint density at radius 1 is 0.942 bits per heavy atom. The van der Waals surface area contributed by atoms with Crippen molar-refractivity contribution in [1.29, 1.82) is 0 Å². The molecule has 0 saturated heterocycles. The summed E-state index contributed by atoms with van der Waals surface area (Å²) in [7, 11) is 4.40.